The molecule has 0 aliphatic heterocycles. The lowest BCUT2D eigenvalue weighted by Gasteiger charge is -2.14. The first kappa shape index (κ1) is 12.4. The molecule has 2 atom stereocenters. The summed E-state index contributed by atoms with van der Waals surface area (Å²) in [6, 6.07) is 9.96. The van der Waals surface area contributed by atoms with Crippen LogP contribution in [0.4, 0.5) is 0 Å². The van der Waals surface area contributed by atoms with E-state index >= 15 is 0 Å². The Balaban J connectivity index is 1.59. The maximum atomic E-state index is 9.76. The Labute approximate surface area is 113 Å². The van der Waals surface area contributed by atoms with E-state index in [-0.39, 0.29) is 6.10 Å². The highest BCUT2D eigenvalue weighted by Gasteiger charge is 2.24. The van der Waals surface area contributed by atoms with Crippen LogP contribution in [0.15, 0.2) is 36.5 Å². The predicted molar refractivity (Wildman–Crippen MR) is 75.2 cm³/mol. The van der Waals surface area contributed by atoms with Crippen molar-refractivity contribution in [2.75, 3.05) is 6.61 Å². The summed E-state index contributed by atoms with van der Waals surface area (Å²) in [5.74, 6) is 1.28. The summed E-state index contributed by atoms with van der Waals surface area (Å²) in [4.78, 5) is 4.32. The Bertz CT molecular complexity index is 555. The number of ether oxygens (including phenoxy) is 1. The zero-order valence-electron chi connectivity index (χ0n) is 11.0. The summed E-state index contributed by atoms with van der Waals surface area (Å²) in [7, 11) is 0. The van der Waals surface area contributed by atoms with Crippen LogP contribution in [0, 0.1) is 5.92 Å². The summed E-state index contributed by atoms with van der Waals surface area (Å²) >= 11 is 0. The summed E-state index contributed by atoms with van der Waals surface area (Å²) < 4.78 is 5.77. The van der Waals surface area contributed by atoms with Crippen molar-refractivity contribution in [2.45, 2.75) is 31.8 Å². The highest BCUT2D eigenvalue weighted by Crippen LogP contribution is 2.28. The first-order valence-corrected chi connectivity index (χ1v) is 6.98. The monoisotopic (exact) mass is 257 g/mol. The average molecular weight is 257 g/mol. The zero-order chi connectivity index (χ0) is 13.1. The van der Waals surface area contributed by atoms with Gasteiger partial charge in [0.15, 0.2) is 0 Å². The quantitative estimate of drug-likeness (QED) is 0.914. The van der Waals surface area contributed by atoms with Gasteiger partial charge in [0.05, 0.1) is 18.2 Å². The lowest BCUT2D eigenvalue weighted by Crippen LogP contribution is -2.16. The lowest BCUT2D eigenvalue weighted by molar-refractivity contribution is 0.117. The molecule has 19 heavy (non-hydrogen) atoms. The fraction of sp³-hybridized carbons (Fsp3) is 0.438. The number of fused-ring (bicyclic) bond motifs is 1. The molecule has 0 radical (unpaired) electrons. The van der Waals surface area contributed by atoms with Crippen molar-refractivity contribution < 1.29 is 9.84 Å². The highest BCUT2D eigenvalue weighted by atomic mass is 16.5. The lowest BCUT2D eigenvalue weighted by atomic mass is 10.0. The van der Waals surface area contributed by atoms with Crippen LogP contribution in [0.1, 0.15) is 25.7 Å². The van der Waals surface area contributed by atoms with Gasteiger partial charge in [-0.3, -0.25) is 4.98 Å². The molecule has 2 aromatic rings. The van der Waals surface area contributed by atoms with Gasteiger partial charge < -0.3 is 9.84 Å². The van der Waals surface area contributed by atoms with Crippen molar-refractivity contribution in [1.82, 2.24) is 4.98 Å². The number of hydrogen-bond donors (Lipinski definition) is 1. The fourth-order valence-electron chi connectivity index (χ4n) is 2.82. The molecule has 1 aromatic carbocycles. The maximum absolute atomic E-state index is 9.76. The highest BCUT2D eigenvalue weighted by molar-refractivity contribution is 5.79. The molecule has 0 saturated heterocycles. The molecule has 1 aromatic heterocycles. The minimum absolute atomic E-state index is 0.123. The van der Waals surface area contributed by atoms with Gasteiger partial charge in [-0.15, -0.1) is 0 Å². The molecule has 1 aliphatic carbocycles. The SMILES string of the molecule is OC1CCCC1CCOc1ccc2cccnc2c1. The third-order valence-corrected chi connectivity index (χ3v) is 3.95. The van der Waals surface area contributed by atoms with Crippen LogP contribution < -0.4 is 4.74 Å². The van der Waals surface area contributed by atoms with Crippen molar-refractivity contribution in [3.05, 3.63) is 36.5 Å². The van der Waals surface area contributed by atoms with Gasteiger partial charge in [-0.1, -0.05) is 12.5 Å². The second-order valence-electron chi connectivity index (χ2n) is 5.25. The van der Waals surface area contributed by atoms with Gasteiger partial charge >= 0.3 is 0 Å². The molecule has 0 bridgehead atoms. The van der Waals surface area contributed by atoms with Gasteiger partial charge in [-0.2, -0.15) is 0 Å². The summed E-state index contributed by atoms with van der Waals surface area (Å²) in [5, 5.41) is 10.9. The Hall–Kier alpha value is -1.61. The minimum Gasteiger partial charge on any atom is -0.494 e. The van der Waals surface area contributed by atoms with Crippen LogP contribution in [0.25, 0.3) is 10.9 Å². The van der Waals surface area contributed by atoms with Gasteiger partial charge in [0.2, 0.25) is 0 Å². The third kappa shape index (κ3) is 2.87. The van der Waals surface area contributed by atoms with E-state index in [0.717, 1.165) is 42.3 Å². The number of hydrogen-bond acceptors (Lipinski definition) is 3. The predicted octanol–water partition coefficient (Wildman–Crippen LogP) is 3.16. The number of rotatable bonds is 4. The summed E-state index contributed by atoms with van der Waals surface area (Å²) in [5.41, 5.74) is 0.959. The fourth-order valence-corrected chi connectivity index (χ4v) is 2.82. The first-order chi connectivity index (χ1) is 9.33. The van der Waals surface area contributed by atoms with Gasteiger partial charge in [-0.05, 0) is 43.4 Å². The van der Waals surface area contributed by atoms with Crippen molar-refractivity contribution in [3.8, 4) is 5.75 Å². The van der Waals surface area contributed by atoms with Crippen LogP contribution in [0.3, 0.4) is 0 Å². The van der Waals surface area contributed by atoms with Crippen LogP contribution in [0.5, 0.6) is 5.75 Å². The molecule has 3 rings (SSSR count). The molecule has 1 N–H and O–H groups in total. The molecule has 1 saturated carbocycles. The van der Waals surface area contributed by atoms with E-state index in [1.54, 1.807) is 6.20 Å². The molecule has 1 fully saturated rings. The molecule has 100 valence electrons. The average Bonchev–Trinajstić information content (AvgIpc) is 2.84. The Morgan fingerprint density at radius 3 is 3.05 bits per heavy atom. The van der Waals surface area contributed by atoms with Crippen molar-refractivity contribution in [3.63, 3.8) is 0 Å². The standard InChI is InChI=1S/C16H19NO2/c18-16-5-1-3-13(16)8-10-19-14-7-6-12-4-2-9-17-15(12)11-14/h2,4,6-7,9,11,13,16,18H,1,3,5,8,10H2. The normalized spacial score (nSPS) is 22.8. The molecule has 0 spiro atoms. The van der Waals surface area contributed by atoms with Gasteiger partial charge in [0.25, 0.3) is 0 Å². The second kappa shape index (κ2) is 5.57. The van der Waals surface area contributed by atoms with Crippen LogP contribution in [-0.2, 0) is 0 Å². The molecule has 1 aliphatic rings. The van der Waals surface area contributed by atoms with Crippen molar-refractivity contribution in [2.24, 2.45) is 5.92 Å². The van der Waals surface area contributed by atoms with E-state index in [0.29, 0.717) is 12.5 Å². The Kier molecular flexibility index (Phi) is 3.65. The third-order valence-electron chi connectivity index (χ3n) is 3.95. The molecular formula is C16H19NO2. The van der Waals surface area contributed by atoms with Crippen LogP contribution >= 0.6 is 0 Å². The smallest absolute Gasteiger partial charge is 0.121 e. The van der Waals surface area contributed by atoms with Gasteiger partial charge in [0.1, 0.15) is 5.75 Å². The maximum Gasteiger partial charge on any atom is 0.121 e. The van der Waals surface area contributed by atoms with Crippen LogP contribution in [-0.4, -0.2) is 22.8 Å². The minimum atomic E-state index is -0.123. The number of aromatic nitrogens is 1. The van der Waals surface area contributed by atoms with Crippen molar-refractivity contribution >= 4 is 10.9 Å². The number of benzene rings is 1. The molecule has 3 heteroatoms. The number of aliphatic hydroxyl groups is 1. The molecule has 0 amide bonds. The van der Waals surface area contributed by atoms with E-state index in [9.17, 15) is 5.11 Å². The Morgan fingerprint density at radius 1 is 1.26 bits per heavy atom. The topological polar surface area (TPSA) is 42.4 Å². The number of pyridine rings is 1. The molecule has 2 unspecified atom stereocenters. The molecule has 3 nitrogen and oxygen atoms in total. The molecular weight excluding hydrogens is 238 g/mol. The van der Waals surface area contributed by atoms with E-state index in [4.69, 9.17) is 4.74 Å². The van der Waals surface area contributed by atoms with E-state index in [2.05, 4.69) is 4.98 Å². The summed E-state index contributed by atoms with van der Waals surface area (Å²) in [6.07, 6.45) is 5.82. The van der Waals surface area contributed by atoms with Gasteiger partial charge in [-0.25, -0.2) is 0 Å². The van der Waals surface area contributed by atoms with E-state index < -0.39 is 0 Å². The second-order valence-corrected chi connectivity index (χ2v) is 5.25. The van der Waals surface area contributed by atoms with Crippen LogP contribution in [0.2, 0.25) is 0 Å². The van der Waals surface area contributed by atoms with E-state index in [1.807, 2.05) is 30.3 Å². The number of aliphatic hydroxyl groups excluding tert-OH is 1. The van der Waals surface area contributed by atoms with Crippen molar-refractivity contribution in [1.29, 1.82) is 0 Å². The first-order valence-electron chi connectivity index (χ1n) is 6.98. The van der Waals surface area contributed by atoms with E-state index in [1.165, 1.54) is 0 Å². The molecule has 1 heterocycles. The zero-order valence-corrected chi connectivity index (χ0v) is 11.0. The largest absolute Gasteiger partial charge is 0.494 e. The Morgan fingerprint density at radius 2 is 2.21 bits per heavy atom. The van der Waals surface area contributed by atoms with Gasteiger partial charge in [0, 0.05) is 17.6 Å². The summed E-state index contributed by atoms with van der Waals surface area (Å²) in [6.45, 7) is 0.667. The number of nitrogens with zero attached hydrogens (tertiary/aromatic N) is 1.